The van der Waals surface area contributed by atoms with E-state index in [2.05, 4.69) is 15.5 Å². The number of nitrogens with one attached hydrogen (secondary N) is 2. The van der Waals surface area contributed by atoms with Crippen LogP contribution in [0.4, 0.5) is 16.2 Å². The van der Waals surface area contributed by atoms with E-state index in [1.54, 1.807) is 60.5 Å². The number of nitrogens with zero attached hydrogens (tertiary/aromatic N) is 2. The Morgan fingerprint density at radius 1 is 0.833 bits per heavy atom. The third-order valence-electron chi connectivity index (χ3n) is 6.00. The van der Waals surface area contributed by atoms with Crippen molar-refractivity contribution in [1.82, 2.24) is 9.80 Å². The van der Waals surface area contributed by atoms with E-state index >= 15 is 0 Å². The van der Waals surface area contributed by atoms with Crippen LogP contribution in [0.15, 0.2) is 72.8 Å². The molecule has 3 N–H and O–H groups in total. The first kappa shape index (κ1) is 24.7. The second kappa shape index (κ2) is 11.4. The van der Waals surface area contributed by atoms with E-state index in [1.165, 1.54) is 6.07 Å². The highest BCUT2D eigenvalue weighted by Gasteiger charge is 2.23. The minimum absolute atomic E-state index is 0.0691. The van der Waals surface area contributed by atoms with Gasteiger partial charge in [-0.3, -0.25) is 9.69 Å². The van der Waals surface area contributed by atoms with Crippen molar-refractivity contribution in [2.45, 2.75) is 6.54 Å². The van der Waals surface area contributed by atoms with Crippen molar-refractivity contribution in [1.29, 1.82) is 0 Å². The smallest absolute Gasteiger partial charge is 0.335 e. The fourth-order valence-electron chi connectivity index (χ4n) is 4.08. The quantitative estimate of drug-likeness (QED) is 0.464. The van der Waals surface area contributed by atoms with Crippen LogP contribution in [-0.2, 0) is 6.54 Å². The zero-order valence-electron chi connectivity index (χ0n) is 19.9. The molecule has 1 saturated heterocycles. The monoisotopic (exact) mass is 488 g/mol. The van der Waals surface area contributed by atoms with Crippen LogP contribution in [0.25, 0.3) is 0 Å². The standard InChI is InChI=1S/C27H28N4O5/c1-36-24-12-9-20(26(33)34)17-21(24)18-30-13-15-31(16-14-30)25(32)19-7-10-23(11-8-19)29-27(35)28-22-5-3-2-4-6-22/h2-12,17H,13-16,18H2,1H3,(H,33,34)(H2,28,29,35). The lowest BCUT2D eigenvalue weighted by molar-refractivity contribution is 0.0625. The second-order valence-electron chi connectivity index (χ2n) is 8.42. The summed E-state index contributed by atoms with van der Waals surface area (Å²) in [6, 6.07) is 20.4. The number of ether oxygens (including phenoxy) is 1. The van der Waals surface area contributed by atoms with Gasteiger partial charge in [0.2, 0.25) is 0 Å². The Hall–Kier alpha value is -4.37. The minimum Gasteiger partial charge on any atom is -0.496 e. The van der Waals surface area contributed by atoms with Gasteiger partial charge in [-0.05, 0) is 54.6 Å². The van der Waals surface area contributed by atoms with Crippen molar-refractivity contribution in [2.75, 3.05) is 43.9 Å². The van der Waals surface area contributed by atoms with Gasteiger partial charge in [0.1, 0.15) is 5.75 Å². The Morgan fingerprint density at radius 3 is 2.06 bits per heavy atom. The topological polar surface area (TPSA) is 111 Å². The van der Waals surface area contributed by atoms with Gasteiger partial charge in [-0.25, -0.2) is 9.59 Å². The number of anilines is 2. The van der Waals surface area contributed by atoms with Crippen LogP contribution in [0.1, 0.15) is 26.3 Å². The lowest BCUT2D eigenvalue weighted by Gasteiger charge is -2.35. The van der Waals surface area contributed by atoms with Gasteiger partial charge in [-0.15, -0.1) is 0 Å². The lowest BCUT2D eigenvalue weighted by Crippen LogP contribution is -2.48. The predicted molar refractivity (Wildman–Crippen MR) is 137 cm³/mol. The summed E-state index contributed by atoms with van der Waals surface area (Å²) < 4.78 is 5.39. The summed E-state index contributed by atoms with van der Waals surface area (Å²) >= 11 is 0. The lowest BCUT2D eigenvalue weighted by atomic mass is 10.1. The van der Waals surface area contributed by atoms with Crippen LogP contribution in [-0.4, -0.2) is 66.1 Å². The number of carboxylic acid groups (broad SMARTS) is 1. The summed E-state index contributed by atoms with van der Waals surface area (Å²) in [4.78, 5) is 40.4. The number of hydrogen-bond acceptors (Lipinski definition) is 5. The van der Waals surface area contributed by atoms with Crippen LogP contribution in [0.5, 0.6) is 5.75 Å². The zero-order valence-corrected chi connectivity index (χ0v) is 19.9. The Bertz CT molecular complexity index is 1220. The molecule has 3 aromatic rings. The summed E-state index contributed by atoms with van der Waals surface area (Å²) in [5.41, 5.74) is 2.84. The number of carboxylic acids is 1. The van der Waals surface area contributed by atoms with Gasteiger partial charge >= 0.3 is 12.0 Å². The molecule has 3 amide bonds. The normalized spacial score (nSPS) is 13.6. The molecule has 36 heavy (non-hydrogen) atoms. The number of piperazine rings is 1. The van der Waals surface area contributed by atoms with Crippen LogP contribution in [0.3, 0.4) is 0 Å². The van der Waals surface area contributed by atoms with Gasteiger partial charge in [0.25, 0.3) is 5.91 Å². The summed E-state index contributed by atoms with van der Waals surface area (Å²) in [7, 11) is 1.56. The number of amides is 3. The number of para-hydroxylation sites is 1. The Balaban J connectivity index is 1.30. The highest BCUT2D eigenvalue weighted by atomic mass is 16.5. The molecule has 1 aliphatic rings. The predicted octanol–water partition coefficient (Wildman–Crippen LogP) is 4.00. The molecule has 0 aliphatic carbocycles. The van der Waals surface area contributed by atoms with E-state index in [9.17, 15) is 19.5 Å². The van der Waals surface area contributed by atoms with Gasteiger partial charge in [-0.1, -0.05) is 18.2 Å². The average molecular weight is 489 g/mol. The number of aromatic carboxylic acids is 1. The fourth-order valence-corrected chi connectivity index (χ4v) is 4.08. The number of rotatable bonds is 7. The molecule has 9 heteroatoms. The molecule has 0 saturated carbocycles. The first-order chi connectivity index (χ1) is 17.4. The van der Waals surface area contributed by atoms with E-state index in [-0.39, 0.29) is 17.5 Å². The van der Waals surface area contributed by atoms with Crippen molar-refractivity contribution in [2.24, 2.45) is 0 Å². The second-order valence-corrected chi connectivity index (χ2v) is 8.42. The van der Waals surface area contributed by atoms with Gasteiger partial charge in [0.15, 0.2) is 0 Å². The molecule has 4 rings (SSSR count). The number of carbonyl (C=O) groups excluding carboxylic acids is 2. The molecule has 0 bridgehead atoms. The summed E-state index contributed by atoms with van der Waals surface area (Å²) in [5.74, 6) is -0.405. The maximum Gasteiger partial charge on any atom is 0.335 e. The van der Waals surface area contributed by atoms with E-state index < -0.39 is 5.97 Å². The van der Waals surface area contributed by atoms with E-state index in [1.807, 2.05) is 18.2 Å². The molecule has 0 radical (unpaired) electrons. The van der Waals surface area contributed by atoms with Crippen LogP contribution < -0.4 is 15.4 Å². The molecular formula is C27H28N4O5. The first-order valence-corrected chi connectivity index (χ1v) is 11.6. The van der Waals surface area contributed by atoms with E-state index in [0.717, 1.165) is 5.56 Å². The number of carbonyl (C=O) groups is 3. The van der Waals surface area contributed by atoms with Crippen molar-refractivity contribution in [3.05, 3.63) is 89.5 Å². The van der Waals surface area contributed by atoms with Crippen molar-refractivity contribution >= 4 is 29.3 Å². The first-order valence-electron chi connectivity index (χ1n) is 11.6. The van der Waals surface area contributed by atoms with Gasteiger partial charge in [0, 0.05) is 55.2 Å². The Morgan fingerprint density at radius 2 is 1.44 bits per heavy atom. The molecule has 0 aromatic heterocycles. The third kappa shape index (κ3) is 6.19. The molecule has 0 atom stereocenters. The molecule has 186 valence electrons. The zero-order chi connectivity index (χ0) is 25.5. The molecule has 1 fully saturated rings. The summed E-state index contributed by atoms with van der Waals surface area (Å²) in [6.07, 6.45) is 0. The van der Waals surface area contributed by atoms with Gasteiger partial charge in [0.05, 0.1) is 12.7 Å². The van der Waals surface area contributed by atoms with Crippen molar-refractivity contribution < 1.29 is 24.2 Å². The van der Waals surface area contributed by atoms with Crippen molar-refractivity contribution in [3.8, 4) is 5.75 Å². The maximum atomic E-state index is 13.0. The molecule has 1 heterocycles. The molecule has 3 aromatic carbocycles. The summed E-state index contributed by atoms with van der Waals surface area (Å²) in [6.45, 7) is 2.97. The highest BCUT2D eigenvalue weighted by Crippen LogP contribution is 2.23. The van der Waals surface area contributed by atoms with Crippen molar-refractivity contribution in [3.63, 3.8) is 0 Å². The molecule has 9 nitrogen and oxygen atoms in total. The minimum atomic E-state index is -0.979. The van der Waals surface area contributed by atoms with Gasteiger partial charge < -0.3 is 25.4 Å². The van der Waals surface area contributed by atoms with Crippen LogP contribution in [0.2, 0.25) is 0 Å². The maximum absolute atomic E-state index is 13.0. The van der Waals surface area contributed by atoms with E-state index in [4.69, 9.17) is 4.74 Å². The largest absolute Gasteiger partial charge is 0.496 e. The Labute approximate surface area is 209 Å². The summed E-state index contributed by atoms with van der Waals surface area (Å²) in [5, 5.41) is 14.8. The van der Waals surface area contributed by atoms with E-state index in [0.29, 0.717) is 55.4 Å². The van der Waals surface area contributed by atoms with Crippen LogP contribution >= 0.6 is 0 Å². The number of benzene rings is 3. The fraction of sp³-hybridized carbons (Fsp3) is 0.222. The molecular weight excluding hydrogens is 460 g/mol. The highest BCUT2D eigenvalue weighted by molar-refractivity contribution is 6.00. The number of hydrogen-bond donors (Lipinski definition) is 3. The number of methoxy groups -OCH3 is 1. The molecule has 1 aliphatic heterocycles. The molecule has 0 spiro atoms. The SMILES string of the molecule is COc1ccc(C(=O)O)cc1CN1CCN(C(=O)c2ccc(NC(=O)Nc3ccccc3)cc2)CC1. The number of urea groups is 1. The van der Waals surface area contributed by atoms with Gasteiger partial charge in [-0.2, -0.15) is 0 Å². The Kier molecular flexibility index (Phi) is 7.82. The third-order valence-corrected chi connectivity index (χ3v) is 6.00. The molecule has 0 unspecified atom stereocenters. The van der Waals surface area contributed by atoms with Crippen LogP contribution in [0, 0.1) is 0 Å². The average Bonchev–Trinajstić information content (AvgIpc) is 2.89.